The van der Waals surface area contributed by atoms with Gasteiger partial charge in [-0.15, -0.1) is 0 Å². The number of carboxylic acids is 1. The Morgan fingerprint density at radius 3 is 2.61 bits per heavy atom. The van der Waals surface area contributed by atoms with Crippen LogP contribution in [0.1, 0.15) is 31.2 Å². The van der Waals surface area contributed by atoms with Crippen molar-refractivity contribution in [1.82, 2.24) is 0 Å². The first-order valence-corrected chi connectivity index (χ1v) is 6.16. The van der Waals surface area contributed by atoms with Crippen LogP contribution in [-0.2, 0) is 4.79 Å². The number of nitrogens with one attached hydrogen (secondary N) is 1. The van der Waals surface area contributed by atoms with Crippen LogP contribution < -0.4 is 5.32 Å². The van der Waals surface area contributed by atoms with E-state index in [0.29, 0.717) is 29.1 Å². The summed E-state index contributed by atoms with van der Waals surface area (Å²) in [6.07, 6.45) is 2.98. The Hall–Kier alpha value is -1.73. The molecule has 0 radical (unpaired) electrons. The molecule has 0 saturated heterocycles. The van der Waals surface area contributed by atoms with Gasteiger partial charge in [-0.05, 0) is 31.0 Å². The molecule has 1 aromatic carbocycles. The van der Waals surface area contributed by atoms with Gasteiger partial charge in [0.25, 0.3) is 0 Å². The predicted octanol–water partition coefficient (Wildman–Crippen LogP) is 3.02. The second-order valence-electron chi connectivity index (χ2n) is 4.53. The lowest BCUT2D eigenvalue weighted by Gasteiger charge is -2.27. The lowest BCUT2D eigenvalue weighted by Crippen LogP contribution is -2.43. The van der Waals surface area contributed by atoms with Crippen LogP contribution in [0, 0.1) is 11.3 Å². The maximum atomic E-state index is 11.4. The number of benzene rings is 1. The van der Waals surface area contributed by atoms with Gasteiger partial charge in [0.15, 0.2) is 0 Å². The summed E-state index contributed by atoms with van der Waals surface area (Å²) < 4.78 is 0. The third-order valence-electron chi connectivity index (χ3n) is 3.34. The first-order chi connectivity index (χ1) is 8.57. The molecular formula is C13H13ClN2O2. The van der Waals surface area contributed by atoms with Crippen molar-refractivity contribution in [3.63, 3.8) is 0 Å². The molecule has 0 spiro atoms. The van der Waals surface area contributed by atoms with Crippen molar-refractivity contribution in [2.24, 2.45) is 0 Å². The molecule has 18 heavy (non-hydrogen) atoms. The van der Waals surface area contributed by atoms with Crippen molar-refractivity contribution < 1.29 is 9.90 Å². The fraction of sp³-hybridized carbons (Fsp3) is 0.385. The molecule has 0 unspecified atom stereocenters. The number of hydrogen-bond acceptors (Lipinski definition) is 3. The Kier molecular flexibility index (Phi) is 3.44. The summed E-state index contributed by atoms with van der Waals surface area (Å²) in [5.74, 6) is -0.847. The van der Waals surface area contributed by atoms with Crippen molar-refractivity contribution in [1.29, 1.82) is 5.26 Å². The molecule has 2 rings (SSSR count). The predicted molar refractivity (Wildman–Crippen MR) is 68.6 cm³/mol. The fourth-order valence-corrected chi connectivity index (χ4v) is 2.54. The summed E-state index contributed by atoms with van der Waals surface area (Å²) >= 11 is 6.05. The van der Waals surface area contributed by atoms with E-state index >= 15 is 0 Å². The van der Waals surface area contributed by atoms with Crippen molar-refractivity contribution >= 4 is 23.3 Å². The normalized spacial score (nSPS) is 17.1. The molecule has 1 fully saturated rings. The van der Waals surface area contributed by atoms with Gasteiger partial charge < -0.3 is 10.4 Å². The zero-order valence-electron chi connectivity index (χ0n) is 9.74. The zero-order chi connectivity index (χ0) is 13.2. The maximum absolute atomic E-state index is 11.4. The van der Waals surface area contributed by atoms with Crippen LogP contribution in [-0.4, -0.2) is 16.6 Å². The van der Waals surface area contributed by atoms with Crippen molar-refractivity contribution in [3.8, 4) is 6.07 Å². The van der Waals surface area contributed by atoms with E-state index < -0.39 is 11.5 Å². The fourth-order valence-electron chi connectivity index (χ4n) is 2.31. The summed E-state index contributed by atoms with van der Waals surface area (Å²) in [7, 11) is 0. The van der Waals surface area contributed by atoms with Gasteiger partial charge in [-0.25, -0.2) is 4.79 Å². The summed E-state index contributed by atoms with van der Waals surface area (Å²) in [4.78, 5) is 11.4. The number of nitriles is 1. The molecule has 1 aromatic rings. The van der Waals surface area contributed by atoms with Gasteiger partial charge in [0.1, 0.15) is 5.54 Å². The Bertz CT molecular complexity index is 516. The largest absolute Gasteiger partial charge is 0.480 e. The molecule has 0 heterocycles. The first kappa shape index (κ1) is 12.7. The minimum absolute atomic E-state index is 0.376. The number of anilines is 1. The van der Waals surface area contributed by atoms with Gasteiger partial charge in [-0.2, -0.15) is 5.26 Å². The van der Waals surface area contributed by atoms with Crippen molar-refractivity contribution in [2.75, 3.05) is 5.32 Å². The quantitative estimate of drug-likeness (QED) is 0.880. The molecule has 0 aromatic heterocycles. The topological polar surface area (TPSA) is 73.1 Å². The van der Waals surface area contributed by atoms with Gasteiger partial charge >= 0.3 is 5.97 Å². The third-order valence-corrected chi connectivity index (χ3v) is 3.65. The molecule has 1 aliphatic rings. The minimum Gasteiger partial charge on any atom is -0.480 e. The van der Waals surface area contributed by atoms with E-state index in [4.69, 9.17) is 16.9 Å². The van der Waals surface area contributed by atoms with Gasteiger partial charge in [0, 0.05) is 0 Å². The number of aliphatic carboxylic acids is 1. The highest BCUT2D eigenvalue weighted by atomic mass is 35.5. The molecule has 94 valence electrons. The number of hydrogen-bond donors (Lipinski definition) is 2. The van der Waals surface area contributed by atoms with Gasteiger partial charge in [0.05, 0.1) is 22.3 Å². The molecule has 5 heteroatoms. The SMILES string of the molecule is N#Cc1ccc(NC2(C(=O)O)CCCC2)c(Cl)c1. The number of carboxylic acid groups (broad SMARTS) is 1. The lowest BCUT2D eigenvalue weighted by molar-refractivity contribution is -0.142. The monoisotopic (exact) mass is 264 g/mol. The Morgan fingerprint density at radius 1 is 1.44 bits per heavy atom. The second kappa shape index (κ2) is 4.87. The zero-order valence-corrected chi connectivity index (χ0v) is 10.5. The number of nitrogens with zero attached hydrogens (tertiary/aromatic N) is 1. The van der Waals surface area contributed by atoms with Crippen LogP contribution in [0.2, 0.25) is 5.02 Å². The van der Waals surface area contributed by atoms with Gasteiger partial charge in [0.2, 0.25) is 0 Å². The molecule has 2 N–H and O–H groups in total. The number of rotatable bonds is 3. The van der Waals surface area contributed by atoms with Gasteiger partial charge in [-0.3, -0.25) is 0 Å². The minimum atomic E-state index is -0.919. The van der Waals surface area contributed by atoms with E-state index in [1.54, 1.807) is 12.1 Å². The standard InChI is InChI=1S/C13H13ClN2O2/c14-10-7-9(8-15)3-4-11(10)16-13(12(17)18)5-1-2-6-13/h3-4,7,16H,1-2,5-6H2,(H,17,18). The van der Waals surface area contributed by atoms with Crippen LogP contribution in [0.3, 0.4) is 0 Å². The molecule has 0 aliphatic heterocycles. The van der Waals surface area contributed by atoms with Crippen LogP contribution >= 0.6 is 11.6 Å². The molecule has 0 amide bonds. The van der Waals surface area contributed by atoms with E-state index in [2.05, 4.69) is 5.32 Å². The highest BCUT2D eigenvalue weighted by Gasteiger charge is 2.41. The van der Waals surface area contributed by atoms with Crippen LogP contribution in [0.15, 0.2) is 18.2 Å². The molecule has 1 saturated carbocycles. The average Bonchev–Trinajstić information content (AvgIpc) is 2.81. The summed E-state index contributed by atoms with van der Waals surface area (Å²) in [6, 6.07) is 6.81. The van der Waals surface area contributed by atoms with Gasteiger partial charge in [-0.1, -0.05) is 24.4 Å². The summed E-state index contributed by atoms with van der Waals surface area (Å²) in [5.41, 5.74) is 0.110. The summed E-state index contributed by atoms with van der Waals surface area (Å²) in [5, 5.41) is 21.5. The molecule has 0 bridgehead atoms. The molecule has 1 aliphatic carbocycles. The van der Waals surface area contributed by atoms with Crippen molar-refractivity contribution in [3.05, 3.63) is 28.8 Å². The molecular weight excluding hydrogens is 252 g/mol. The van der Waals surface area contributed by atoms with E-state index in [-0.39, 0.29) is 0 Å². The van der Waals surface area contributed by atoms with Crippen molar-refractivity contribution in [2.45, 2.75) is 31.2 Å². The highest BCUT2D eigenvalue weighted by Crippen LogP contribution is 2.35. The Balaban J connectivity index is 2.28. The molecule has 0 atom stereocenters. The van der Waals surface area contributed by atoms with E-state index in [9.17, 15) is 9.90 Å². The Morgan fingerprint density at radius 2 is 2.11 bits per heavy atom. The number of carbonyl (C=O) groups is 1. The summed E-state index contributed by atoms with van der Waals surface area (Å²) in [6.45, 7) is 0. The highest BCUT2D eigenvalue weighted by molar-refractivity contribution is 6.33. The molecule has 4 nitrogen and oxygen atoms in total. The lowest BCUT2D eigenvalue weighted by atomic mass is 9.97. The maximum Gasteiger partial charge on any atom is 0.329 e. The van der Waals surface area contributed by atoms with Crippen LogP contribution in [0.25, 0.3) is 0 Å². The van der Waals surface area contributed by atoms with Crippen LogP contribution in [0.5, 0.6) is 0 Å². The second-order valence-corrected chi connectivity index (χ2v) is 4.93. The van der Waals surface area contributed by atoms with Crippen LogP contribution in [0.4, 0.5) is 5.69 Å². The third kappa shape index (κ3) is 2.27. The first-order valence-electron chi connectivity index (χ1n) is 5.79. The van der Waals surface area contributed by atoms with E-state index in [1.165, 1.54) is 6.07 Å². The smallest absolute Gasteiger partial charge is 0.329 e. The van der Waals surface area contributed by atoms with E-state index in [0.717, 1.165) is 12.8 Å². The van der Waals surface area contributed by atoms with E-state index in [1.807, 2.05) is 6.07 Å². The number of halogens is 1. The Labute approximate surface area is 110 Å². The average molecular weight is 265 g/mol.